The standard InChI is InChI=1S/C22H22F3N3O2/c1-3-28(12-19(29)21-14(2)26-17-10-6-4-8-15(17)21)13-20(30)27-18-11-7-5-9-16(18)22(23,24)25/h4-11,26H,3,12-13H2,1-2H3,(H,27,30). The predicted octanol–water partition coefficient (Wildman–Crippen LogP) is 4.64. The number of nitrogens with one attached hydrogen (secondary N) is 2. The van der Waals surface area contributed by atoms with Gasteiger partial charge in [-0.2, -0.15) is 13.2 Å². The number of aromatic amines is 1. The summed E-state index contributed by atoms with van der Waals surface area (Å²) in [6.45, 7) is 3.77. The van der Waals surface area contributed by atoms with E-state index in [9.17, 15) is 22.8 Å². The van der Waals surface area contributed by atoms with Crippen LogP contribution in [0.4, 0.5) is 18.9 Å². The maximum Gasteiger partial charge on any atom is 0.418 e. The first-order chi connectivity index (χ1) is 14.2. The molecule has 1 heterocycles. The number of para-hydroxylation sites is 2. The summed E-state index contributed by atoms with van der Waals surface area (Å²) in [4.78, 5) is 30.0. The first-order valence-corrected chi connectivity index (χ1v) is 9.49. The van der Waals surface area contributed by atoms with Crippen molar-refractivity contribution in [3.8, 4) is 0 Å². The number of alkyl halides is 3. The third kappa shape index (κ3) is 4.71. The molecule has 0 radical (unpaired) electrons. The number of carbonyl (C=O) groups is 2. The number of H-pyrrole nitrogens is 1. The predicted molar refractivity (Wildman–Crippen MR) is 110 cm³/mol. The molecular formula is C22H22F3N3O2. The van der Waals surface area contributed by atoms with Gasteiger partial charge in [-0.15, -0.1) is 0 Å². The molecule has 0 saturated carbocycles. The minimum absolute atomic E-state index is 0.0203. The molecule has 30 heavy (non-hydrogen) atoms. The molecule has 5 nitrogen and oxygen atoms in total. The van der Waals surface area contributed by atoms with Crippen LogP contribution < -0.4 is 5.32 Å². The lowest BCUT2D eigenvalue weighted by molar-refractivity contribution is -0.137. The van der Waals surface area contributed by atoms with Gasteiger partial charge in [-0.05, 0) is 31.7 Å². The minimum Gasteiger partial charge on any atom is -0.358 e. The van der Waals surface area contributed by atoms with E-state index in [-0.39, 0.29) is 24.6 Å². The van der Waals surface area contributed by atoms with E-state index in [2.05, 4.69) is 10.3 Å². The number of hydrogen-bond donors (Lipinski definition) is 2. The highest BCUT2D eigenvalue weighted by atomic mass is 19.4. The molecule has 2 N–H and O–H groups in total. The van der Waals surface area contributed by atoms with Gasteiger partial charge in [-0.25, -0.2) is 0 Å². The Labute approximate surface area is 171 Å². The van der Waals surface area contributed by atoms with Crippen molar-refractivity contribution in [2.75, 3.05) is 25.0 Å². The summed E-state index contributed by atoms with van der Waals surface area (Å²) in [5, 5.41) is 3.12. The van der Waals surface area contributed by atoms with Crippen molar-refractivity contribution in [3.05, 3.63) is 65.4 Å². The number of amides is 1. The SMILES string of the molecule is CCN(CC(=O)Nc1ccccc1C(F)(F)F)CC(=O)c1c(C)[nH]c2ccccc12. The zero-order valence-corrected chi connectivity index (χ0v) is 16.6. The van der Waals surface area contributed by atoms with Crippen LogP contribution in [0.5, 0.6) is 0 Å². The number of likely N-dealkylation sites (N-methyl/N-ethyl adjacent to an activating group) is 1. The van der Waals surface area contributed by atoms with Crippen LogP contribution >= 0.6 is 0 Å². The molecule has 0 atom stereocenters. The van der Waals surface area contributed by atoms with E-state index in [1.165, 1.54) is 18.2 Å². The van der Waals surface area contributed by atoms with Crippen LogP contribution in [0.15, 0.2) is 48.5 Å². The molecule has 0 aliphatic carbocycles. The number of nitrogens with zero attached hydrogens (tertiary/aromatic N) is 1. The first kappa shape index (κ1) is 21.6. The van der Waals surface area contributed by atoms with Crippen molar-refractivity contribution in [1.29, 1.82) is 0 Å². The fourth-order valence-electron chi connectivity index (χ4n) is 3.43. The molecule has 0 saturated heterocycles. The van der Waals surface area contributed by atoms with Crippen molar-refractivity contribution >= 4 is 28.3 Å². The smallest absolute Gasteiger partial charge is 0.358 e. The fourth-order valence-corrected chi connectivity index (χ4v) is 3.43. The van der Waals surface area contributed by atoms with Gasteiger partial charge in [0.05, 0.1) is 24.3 Å². The van der Waals surface area contributed by atoms with Gasteiger partial charge in [0.2, 0.25) is 5.91 Å². The van der Waals surface area contributed by atoms with Crippen molar-refractivity contribution < 1.29 is 22.8 Å². The maximum atomic E-state index is 13.1. The molecule has 3 aromatic rings. The Hall–Kier alpha value is -3.13. The molecule has 0 spiro atoms. The van der Waals surface area contributed by atoms with Gasteiger partial charge in [0.15, 0.2) is 5.78 Å². The molecule has 1 amide bonds. The molecule has 1 aromatic heterocycles. The van der Waals surface area contributed by atoms with Crippen molar-refractivity contribution in [2.45, 2.75) is 20.0 Å². The van der Waals surface area contributed by atoms with E-state index in [4.69, 9.17) is 0 Å². The first-order valence-electron chi connectivity index (χ1n) is 9.49. The van der Waals surface area contributed by atoms with E-state index in [0.717, 1.165) is 22.7 Å². The quantitative estimate of drug-likeness (QED) is 0.551. The monoisotopic (exact) mass is 417 g/mol. The van der Waals surface area contributed by atoms with Crippen LogP contribution in [-0.4, -0.2) is 41.2 Å². The van der Waals surface area contributed by atoms with Gasteiger partial charge < -0.3 is 10.3 Å². The normalized spacial score (nSPS) is 11.8. The molecule has 0 aliphatic heterocycles. The molecule has 3 rings (SSSR count). The number of ketones is 1. The Morgan fingerprint density at radius 3 is 2.40 bits per heavy atom. The second-order valence-electron chi connectivity index (χ2n) is 6.99. The summed E-state index contributed by atoms with van der Waals surface area (Å²) in [7, 11) is 0. The topological polar surface area (TPSA) is 65.2 Å². The maximum absolute atomic E-state index is 13.1. The van der Waals surface area contributed by atoms with Crippen LogP contribution in [-0.2, 0) is 11.0 Å². The second-order valence-corrected chi connectivity index (χ2v) is 6.99. The Balaban J connectivity index is 1.71. The summed E-state index contributed by atoms with van der Waals surface area (Å²) in [6, 6.07) is 12.2. The number of Topliss-reactive ketones (excluding diaryl/α,β-unsaturated/α-hetero) is 1. The van der Waals surface area contributed by atoms with E-state index in [1.807, 2.05) is 31.2 Å². The van der Waals surface area contributed by atoms with Crippen molar-refractivity contribution in [2.24, 2.45) is 0 Å². The van der Waals surface area contributed by atoms with Gasteiger partial charge in [0, 0.05) is 22.2 Å². The summed E-state index contributed by atoms with van der Waals surface area (Å²) < 4.78 is 39.3. The van der Waals surface area contributed by atoms with Gasteiger partial charge in [0.1, 0.15) is 0 Å². The summed E-state index contributed by atoms with van der Waals surface area (Å²) >= 11 is 0. The van der Waals surface area contributed by atoms with E-state index >= 15 is 0 Å². The average Bonchev–Trinajstić information content (AvgIpc) is 3.02. The van der Waals surface area contributed by atoms with E-state index < -0.39 is 17.6 Å². The van der Waals surface area contributed by atoms with Gasteiger partial charge in [-0.3, -0.25) is 14.5 Å². The lowest BCUT2D eigenvalue weighted by Crippen LogP contribution is -2.37. The zero-order valence-electron chi connectivity index (χ0n) is 16.6. The summed E-state index contributed by atoms with van der Waals surface area (Å²) in [5.41, 5.74) is 0.937. The third-order valence-corrected chi connectivity index (χ3v) is 4.86. The van der Waals surface area contributed by atoms with Crippen LogP contribution in [0.1, 0.15) is 28.5 Å². The molecule has 2 aromatic carbocycles. The summed E-state index contributed by atoms with van der Waals surface area (Å²) in [5.74, 6) is -0.771. The third-order valence-electron chi connectivity index (χ3n) is 4.86. The fraction of sp³-hybridized carbons (Fsp3) is 0.273. The Bertz CT molecular complexity index is 1070. The largest absolute Gasteiger partial charge is 0.418 e. The number of fused-ring (bicyclic) bond motifs is 1. The van der Waals surface area contributed by atoms with Crippen molar-refractivity contribution in [3.63, 3.8) is 0 Å². The molecule has 0 bridgehead atoms. The lowest BCUT2D eigenvalue weighted by Gasteiger charge is -2.20. The molecule has 158 valence electrons. The van der Waals surface area contributed by atoms with E-state index in [1.54, 1.807) is 11.8 Å². The number of rotatable bonds is 7. The number of halogens is 3. The highest BCUT2D eigenvalue weighted by molar-refractivity contribution is 6.10. The van der Waals surface area contributed by atoms with Gasteiger partial charge >= 0.3 is 6.18 Å². The highest BCUT2D eigenvalue weighted by Gasteiger charge is 2.33. The van der Waals surface area contributed by atoms with Gasteiger partial charge in [0.25, 0.3) is 0 Å². The zero-order chi connectivity index (χ0) is 21.9. The number of anilines is 1. The Morgan fingerprint density at radius 2 is 1.70 bits per heavy atom. The molecule has 0 fully saturated rings. The van der Waals surface area contributed by atoms with Crippen LogP contribution in [0, 0.1) is 6.92 Å². The van der Waals surface area contributed by atoms with Crippen LogP contribution in [0.2, 0.25) is 0 Å². The molecular weight excluding hydrogens is 395 g/mol. The highest BCUT2D eigenvalue weighted by Crippen LogP contribution is 2.34. The van der Waals surface area contributed by atoms with Crippen LogP contribution in [0.25, 0.3) is 10.9 Å². The Morgan fingerprint density at radius 1 is 1.03 bits per heavy atom. The second kappa shape index (κ2) is 8.71. The van der Waals surface area contributed by atoms with E-state index in [0.29, 0.717) is 12.1 Å². The van der Waals surface area contributed by atoms with Gasteiger partial charge in [-0.1, -0.05) is 37.3 Å². The number of benzene rings is 2. The molecule has 8 heteroatoms. The molecule has 0 unspecified atom stereocenters. The minimum atomic E-state index is -4.57. The summed E-state index contributed by atoms with van der Waals surface area (Å²) in [6.07, 6.45) is -4.57. The van der Waals surface area contributed by atoms with Crippen molar-refractivity contribution in [1.82, 2.24) is 9.88 Å². The van der Waals surface area contributed by atoms with Crippen LogP contribution in [0.3, 0.4) is 0 Å². The number of aryl methyl sites for hydroxylation is 1. The molecule has 0 aliphatic rings. The Kier molecular flexibility index (Phi) is 6.26. The number of hydrogen-bond acceptors (Lipinski definition) is 3. The lowest BCUT2D eigenvalue weighted by atomic mass is 10.1. The number of carbonyl (C=O) groups excluding carboxylic acids is 2. The average molecular weight is 417 g/mol. The number of aromatic nitrogens is 1.